The summed E-state index contributed by atoms with van der Waals surface area (Å²) in [5.74, 6) is 0.446. The lowest BCUT2D eigenvalue weighted by molar-refractivity contribution is -0.137. The summed E-state index contributed by atoms with van der Waals surface area (Å²) in [6.45, 7) is 8.07. The molecule has 0 N–H and O–H groups in total. The van der Waals surface area contributed by atoms with E-state index < -0.39 is 0 Å². The second-order valence-corrected chi connectivity index (χ2v) is 6.87. The smallest absolute Gasteiger partial charge is 0.277 e. The third-order valence-electron chi connectivity index (χ3n) is 4.53. The molecule has 2 aliphatic rings. The van der Waals surface area contributed by atoms with Crippen LogP contribution < -0.4 is 4.74 Å². The number of benzene rings is 1. The molecule has 5 nitrogen and oxygen atoms in total. The number of carbonyl (C=O) groups is 2. The number of amides is 2. The van der Waals surface area contributed by atoms with Crippen LogP contribution in [0.3, 0.4) is 0 Å². The van der Waals surface area contributed by atoms with Gasteiger partial charge in [0.2, 0.25) is 0 Å². The fourth-order valence-corrected chi connectivity index (χ4v) is 3.46. The van der Waals surface area contributed by atoms with Gasteiger partial charge in [0.15, 0.2) is 0 Å². The molecule has 0 bridgehead atoms. The summed E-state index contributed by atoms with van der Waals surface area (Å²) in [6.07, 6.45) is 2.99. The summed E-state index contributed by atoms with van der Waals surface area (Å²) in [5, 5.41) is 0. The Balaban J connectivity index is 1.98. The fraction of sp³-hybridized carbons (Fsp3) is 0.500. The minimum atomic E-state index is -0.175. The van der Waals surface area contributed by atoms with Crippen LogP contribution in [0.2, 0.25) is 0 Å². The molecule has 1 aromatic carbocycles. The van der Waals surface area contributed by atoms with Crippen molar-refractivity contribution in [3.8, 4) is 5.75 Å². The van der Waals surface area contributed by atoms with Gasteiger partial charge < -0.3 is 9.64 Å². The van der Waals surface area contributed by atoms with Crippen molar-refractivity contribution in [2.75, 3.05) is 19.6 Å². The van der Waals surface area contributed by atoms with E-state index >= 15 is 0 Å². The molecule has 0 atom stereocenters. The number of nitrogens with zero attached hydrogens (tertiary/aromatic N) is 2. The molecule has 2 heterocycles. The van der Waals surface area contributed by atoms with Gasteiger partial charge in [-0.25, -0.2) is 0 Å². The zero-order valence-electron chi connectivity index (χ0n) is 15.2. The van der Waals surface area contributed by atoms with E-state index in [0.717, 1.165) is 43.7 Å². The first kappa shape index (κ1) is 17.5. The number of ether oxygens (including phenoxy) is 1. The van der Waals surface area contributed by atoms with Crippen LogP contribution in [0.15, 0.2) is 30.0 Å². The van der Waals surface area contributed by atoms with E-state index in [1.54, 1.807) is 0 Å². The van der Waals surface area contributed by atoms with Gasteiger partial charge in [0.1, 0.15) is 11.4 Å². The monoisotopic (exact) mass is 342 g/mol. The SMILES string of the molecule is CCCN1C(=O)C(c2ccc(OC(C)C)cc2)=C(N2CCCC2)C1=O. The van der Waals surface area contributed by atoms with E-state index in [0.29, 0.717) is 17.8 Å². The fourth-order valence-electron chi connectivity index (χ4n) is 3.46. The Bertz CT molecular complexity index is 685. The van der Waals surface area contributed by atoms with E-state index in [-0.39, 0.29) is 17.9 Å². The highest BCUT2D eigenvalue weighted by atomic mass is 16.5. The second-order valence-electron chi connectivity index (χ2n) is 6.87. The number of hydrogen-bond acceptors (Lipinski definition) is 4. The summed E-state index contributed by atoms with van der Waals surface area (Å²) in [7, 11) is 0. The second kappa shape index (κ2) is 7.30. The molecule has 0 spiro atoms. The van der Waals surface area contributed by atoms with Crippen LogP contribution in [0.25, 0.3) is 5.57 Å². The lowest BCUT2D eigenvalue weighted by Gasteiger charge is -2.20. The van der Waals surface area contributed by atoms with Crippen molar-refractivity contribution >= 4 is 17.4 Å². The van der Waals surface area contributed by atoms with Gasteiger partial charge in [-0.05, 0) is 50.8 Å². The molecule has 0 saturated carbocycles. The first-order valence-corrected chi connectivity index (χ1v) is 9.15. The zero-order valence-corrected chi connectivity index (χ0v) is 15.2. The van der Waals surface area contributed by atoms with Gasteiger partial charge in [-0.15, -0.1) is 0 Å². The van der Waals surface area contributed by atoms with Crippen LogP contribution in [0.4, 0.5) is 0 Å². The molecular formula is C20H26N2O3. The molecule has 0 unspecified atom stereocenters. The summed E-state index contributed by atoms with van der Waals surface area (Å²) >= 11 is 0. The summed E-state index contributed by atoms with van der Waals surface area (Å²) in [5.41, 5.74) is 1.90. The van der Waals surface area contributed by atoms with Crippen LogP contribution in [0.5, 0.6) is 5.75 Å². The first-order chi connectivity index (χ1) is 12.0. The molecule has 1 fully saturated rings. The Morgan fingerprint density at radius 1 is 1.04 bits per heavy atom. The van der Waals surface area contributed by atoms with Crippen molar-refractivity contribution in [1.29, 1.82) is 0 Å². The molecule has 5 heteroatoms. The van der Waals surface area contributed by atoms with Crippen molar-refractivity contribution in [3.63, 3.8) is 0 Å². The standard InChI is InChI=1S/C20H26N2O3/c1-4-11-22-19(23)17(18(20(22)24)21-12-5-6-13-21)15-7-9-16(10-8-15)25-14(2)3/h7-10,14H,4-6,11-13H2,1-3H3. The predicted molar refractivity (Wildman–Crippen MR) is 96.9 cm³/mol. The average Bonchev–Trinajstić information content (AvgIpc) is 3.17. The van der Waals surface area contributed by atoms with Crippen molar-refractivity contribution < 1.29 is 14.3 Å². The minimum Gasteiger partial charge on any atom is -0.491 e. The van der Waals surface area contributed by atoms with Gasteiger partial charge in [0.05, 0.1) is 11.7 Å². The lowest BCUT2D eigenvalue weighted by atomic mass is 10.0. The molecule has 0 aromatic heterocycles. The van der Waals surface area contributed by atoms with E-state index in [9.17, 15) is 9.59 Å². The Morgan fingerprint density at radius 2 is 1.68 bits per heavy atom. The maximum Gasteiger partial charge on any atom is 0.277 e. The Morgan fingerprint density at radius 3 is 2.24 bits per heavy atom. The summed E-state index contributed by atoms with van der Waals surface area (Å²) in [6, 6.07) is 7.49. The Labute approximate surface area is 149 Å². The third kappa shape index (κ3) is 3.41. The van der Waals surface area contributed by atoms with Crippen molar-refractivity contribution in [1.82, 2.24) is 9.80 Å². The molecule has 134 valence electrons. The van der Waals surface area contributed by atoms with Gasteiger partial charge in [-0.3, -0.25) is 14.5 Å². The number of rotatable bonds is 6. The normalized spacial score (nSPS) is 18.1. The molecule has 0 radical (unpaired) electrons. The predicted octanol–water partition coefficient (Wildman–Crippen LogP) is 3.06. The van der Waals surface area contributed by atoms with Crippen molar-refractivity contribution in [2.45, 2.75) is 46.1 Å². The molecule has 25 heavy (non-hydrogen) atoms. The zero-order chi connectivity index (χ0) is 18.0. The highest BCUT2D eigenvalue weighted by molar-refractivity contribution is 6.35. The third-order valence-corrected chi connectivity index (χ3v) is 4.53. The molecule has 3 rings (SSSR count). The highest BCUT2D eigenvalue weighted by Gasteiger charge is 2.41. The molecule has 1 saturated heterocycles. The van der Waals surface area contributed by atoms with E-state index in [2.05, 4.69) is 4.90 Å². The average molecular weight is 342 g/mol. The van der Waals surface area contributed by atoms with Gasteiger partial charge in [-0.2, -0.15) is 0 Å². The van der Waals surface area contributed by atoms with Gasteiger partial charge >= 0.3 is 0 Å². The maximum atomic E-state index is 12.9. The lowest BCUT2D eigenvalue weighted by Crippen LogP contribution is -2.35. The number of imide groups is 1. The summed E-state index contributed by atoms with van der Waals surface area (Å²) < 4.78 is 5.68. The molecular weight excluding hydrogens is 316 g/mol. The van der Waals surface area contributed by atoms with Gasteiger partial charge in [0.25, 0.3) is 11.8 Å². The quantitative estimate of drug-likeness (QED) is 0.746. The molecule has 2 amide bonds. The number of likely N-dealkylation sites (tertiary alicyclic amines) is 1. The van der Waals surface area contributed by atoms with E-state index in [1.165, 1.54) is 4.90 Å². The Hall–Kier alpha value is -2.30. The largest absolute Gasteiger partial charge is 0.491 e. The summed E-state index contributed by atoms with van der Waals surface area (Å²) in [4.78, 5) is 29.3. The van der Waals surface area contributed by atoms with Crippen molar-refractivity contribution in [2.24, 2.45) is 0 Å². The Kier molecular flexibility index (Phi) is 5.11. The number of carbonyl (C=O) groups excluding carboxylic acids is 2. The van der Waals surface area contributed by atoms with Crippen LogP contribution in [0.1, 0.15) is 45.6 Å². The molecule has 1 aromatic rings. The maximum absolute atomic E-state index is 12.9. The van der Waals surface area contributed by atoms with Crippen LogP contribution in [0, 0.1) is 0 Å². The van der Waals surface area contributed by atoms with Gasteiger partial charge in [0, 0.05) is 19.6 Å². The molecule has 0 aliphatic carbocycles. The highest BCUT2D eigenvalue weighted by Crippen LogP contribution is 2.34. The van der Waals surface area contributed by atoms with Gasteiger partial charge in [-0.1, -0.05) is 19.1 Å². The minimum absolute atomic E-state index is 0.0972. The first-order valence-electron chi connectivity index (χ1n) is 9.15. The molecule has 2 aliphatic heterocycles. The van der Waals surface area contributed by atoms with Crippen LogP contribution in [-0.2, 0) is 9.59 Å². The number of hydrogen-bond donors (Lipinski definition) is 0. The van der Waals surface area contributed by atoms with Crippen LogP contribution in [-0.4, -0.2) is 47.4 Å². The van der Waals surface area contributed by atoms with E-state index in [4.69, 9.17) is 4.74 Å². The topological polar surface area (TPSA) is 49.9 Å². The van der Waals surface area contributed by atoms with E-state index in [1.807, 2.05) is 45.0 Å². The van der Waals surface area contributed by atoms with Crippen molar-refractivity contribution in [3.05, 3.63) is 35.5 Å². The van der Waals surface area contributed by atoms with Crippen LogP contribution >= 0.6 is 0 Å².